The Morgan fingerprint density at radius 2 is 1.56 bits per heavy atom. The number of aromatic hydroxyl groups is 1. The van der Waals surface area contributed by atoms with E-state index in [2.05, 4.69) is 4.90 Å². The van der Waals surface area contributed by atoms with Crippen LogP contribution in [0.5, 0.6) is 5.75 Å². The largest absolute Gasteiger partial charge is 0.508 e. The average molecular weight is 388 g/mol. The molecule has 0 spiro atoms. The molecule has 1 unspecified atom stereocenters. The predicted octanol–water partition coefficient (Wildman–Crippen LogP) is 2.61. The van der Waals surface area contributed by atoms with Crippen molar-refractivity contribution in [3.05, 3.63) is 60.2 Å². The van der Waals surface area contributed by atoms with Crippen molar-refractivity contribution in [2.45, 2.75) is 29.1 Å². The Bertz CT molecular complexity index is 868. The second-order valence-electron chi connectivity index (χ2n) is 7.80. The van der Waals surface area contributed by atoms with Gasteiger partial charge in [-0.1, -0.05) is 30.3 Å². The van der Waals surface area contributed by atoms with Crippen molar-refractivity contribution < 1.29 is 18.6 Å². The number of hydrogen-bond donors (Lipinski definition) is 2. The molecule has 0 amide bonds. The number of benzene rings is 2. The van der Waals surface area contributed by atoms with Crippen LogP contribution in [-0.2, 0) is 9.84 Å². The summed E-state index contributed by atoms with van der Waals surface area (Å²) in [6.45, 7) is 2.20. The maximum atomic E-state index is 12.9. The van der Waals surface area contributed by atoms with Crippen molar-refractivity contribution in [2.24, 2.45) is 11.8 Å². The highest BCUT2D eigenvalue weighted by atomic mass is 32.2. The number of phenolic OH excluding ortho intramolecular Hbond substituents is 1. The van der Waals surface area contributed by atoms with Crippen molar-refractivity contribution in [1.82, 2.24) is 4.90 Å². The van der Waals surface area contributed by atoms with Crippen LogP contribution < -0.4 is 0 Å². The van der Waals surface area contributed by atoms with Gasteiger partial charge in [0.25, 0.3) is 0 Å². The van der Waals surface area contributed by atoms with Gasteiger partial charge in [0.15, 0.2) is 9.84 Å². The summed E-state index contributed by atoms with van der Waals surface area (Å²) in [7, 11) is -3.26. The lowest BCUT2D eigenvalue weighted by Gasteiger charge is -2.22. The number of aliphatic hydroxyl groups is 1. The minimum atomic E-state index is -3.26. The van der Waals surface area contributed by atoms with Crippen LogP contribution in [0.3, 0.4) is 0 Å². The van der Waals surface area contributed by atoms with E-state index in [0.29, 0.717) is 36.1 Å². The van der Waals surface area contributed by atoms with Crippen molar-refractivity contribution in [3.8, 4) is 5.75 Å². The first-order valence-electron chi connectivity index (χ1n) is 9.42. The van der Waals surface area contributed by atoms with Crippen molar-refractivity contribution in [3.63, 3.8) is 0 Å². The maximum absolute atomic E-state index is 12.9. The number of likely N-dealkylation sites (tertiary alicyclic amines) is 1. The van der Waals surface area contributed by atoms with Crippen LogP contribution in [0, 0.1) is 11.8 Å². The number of fused-ring (bicyclic) bond motifs is 1. The molecule has 2 N–H and O–H groups in total. The molecule has 0 bridgehead atoms. The molecule has 0 radical (unpaired) electrons. The quantitative estimate of drug-likeness (QED) is 0.825. The van der Waals surface area contributed by atoms with E-state index in [4.69, 9.17) is 0 Å². The molecule has 4 atom stereocenters. The van der Waals surface area contributed by atoms with Gasteiger partial charge in [-0.05, 0) is 54.5 Å². The highest BCUT2D eigenvalue weighted by Crippen LogP contribution is 2.42. The van der Waals surface area contributed by atoms with Crippen molar-refractivity contribution in [2.75, 3.05) is 19.6 Å². The Hall–Kier alpha value is -1.89. The number of β-amino-alcohol motifs (C(OH)–C–C–N with tert-alkyl or cyclic N) is 1. The summed E-state index contributed by atoms with van der Waals surface area (Å²) in [5.41, 5.74) is 0.786. The lowest BCUT2D eigenvalue weighted by Crippen LogP contribution is -2.29. The minimum Gasteiger partial charge on any atom is -0.508 e. The van der Waals surface area contributed by atoms with E-state index in [0.717, 1.165) is 18.7 Å². The molecule has 2 aliphatic rings. The van der Waals surface area contributed by atoms with Gasteiger partial charge in [-0.2, -0.15) is 0 Å². The standard InChI is InChI=1S/C21H25NO4S/c23-18-8-6-15(7-9-18)21(24)14-22-12-16-10-20(11-17(16)13-22)27(25,26)19-4-2-1-3-5-19/h1-9,16-17,20-21,23-24H,10-14H2/t16-,17+,20+,21?. The van der Waals surface area contributed by atoms with Crippen LogP contribution in [0.25, 0.3) is 0 Å². The fourth-order valence-corrected chi connectivity index (χ4v) is 6.52. The third-order valence-corrected chi connectivity index (χ3v) is 8.19. The van der Waals surface area contributed by atoms with E-state index >= 15 is 0 Å². The molecule has 27 heavy (non-hydrogen) atoms. The molecule has 4 rings (SSSR count). The molecule has 2 fully saturated rings. The van der Waals surface area contributed by atoms with Gasteiger partial charge in [0.05, 0.1) is 16.2 Å². The van der Waals surface area contributed by atoms with E-state index < -0.39 is 15.9 Å². The maximum Gasteiger partial charge on any atom is 0.181 e. The van der Waals surface area contributed by atoms with Gasteiger partial charge in [0, 0.05) is 19.6 Å². The third kappa shape index (κ3) is 3.74. The minimum absolute atomic E-state index is 0.187. The molecular weight excluding hydrogens is 362 g/mol. The Morgan fingerprint density at radius 1 is 0.963 bits per heavy atom. The lowest BCUT2D eigenvalue weighted by atomic mass is 10.0. The van der Waals surface area contributed by atoms with Crippen LogP contribution in [-0.4, -0.2) is 48.4 Å². The van der Waals surface area contributed by atoms with E-state index in [1.165, 1.54) is 0 Å². The summed E-state index contributed by atoms with van der Waals surface area (Å²) in [6, 6.07) is 15.4. The summed E-state index contributed by atoms with van der Waals surface area (Å²) in [5, 5.41) is 19.5. The zero-order valence-corrected chi connectivity index (χ0v) is 15.9. The van der Waals surface area contributed by atoms with Gasteiger partial charge in [-0.25, -0.2) is 8.42 Å². The summed E-state index contributed by atoms with van der Waals surface area (Å²) in [6.07, 6.45) is 0.801. The second kappa shape index (κ2) is 7.26. The molecule has 0 aromatic heterocycles. The molecule has 144 valence electrons. The number of aliphatic hydroxyl groups excluding tert-OH is 1. The van der Waals surface area contributed by atoms with Gasteiger partial charge in [-0.15, -0.1) is 0 Å². The predicted molar refractivity (Wildman–Crippen MR) is 103 cm³/mol. The van der Waals surface area contributed by atoms with E-state index in [-0.39, 0.29) is 11.0 Å². The third-order valence-electron chi connectivity index (χ3n) is 6.00. The molecule has 6 heteroatoms. The van der Waals surface area contributed by atoms with Gasteiger partial charge in [0.2, 0.25) is 0 Å². The van der Waals surface area contributed by atoms with E-state index in [9.17, 15) is 18.6 Å². The molecular formula is C21H25NO4S. The number of rotatable bonds is 5. The smallest absolute Gasteiger partial charge is 0.181 e. The van der Waals surface area contributed by atoms with Gasteiger partial charge < -0.3 is 10.2 Å². The van der Waals surface area contributed by atoms with Crippen LogP contribution >= 0.6 is 0 Å². The van der Waals surface area contributed by atoms with Crippen molar-refractivity contribution >= 4 is 9.84 Å². The van der Waals surface area contributed by atoms with Crippen LogP contribution in [0.4, 0.5) is 0 Å². The molecule has 2 aromatic carbocycles. The normalized spacial score (nSPS) is 26.8. The first-order valence-corrected chi connectivity index (χ1v) is 11.0. The molecule has 1 aliphatic carbocycles. The SMILES string of the molecule is O=S(=O)(c1ccccc1)[C@H]1C[C@@H]2CN(CC(O)c3ccc(O)cc3)C[C@@H]2C1. The number of sulfone groups is 1. The summed E-state index contributed by atoms with van der Waals surface area (Å²) in [4.78, 5) is 2.66. The van der Waals surface area contributed by atoms with E-state index in [1.807, 2.05) is 6.07 Å². The zero-order valence-electron chi connectivity index (χ0n) is 15.1. The fraction of sp³-hybridized carbons (Fsp3) is 0.429. The number of hydrogen-bond acceptors (Lipinski definition) is 5. The molecule has 5 nitrogen and oxygen atoms in total. The number of nitrogens with zero attached hydrogens (tertiary/aromatic N) is 1. The summed E-state index contributed by atoms with van der Waals surface area (Å²) in [5.74, 6) is 0.938. The first-order chi connectivity index (χ1) is 12.9. The first kappa shape index (κ1) is 18.5. The molecule has 1 aliphatic heterocycles. The highest BCUT2D eigenvalue weighted by molar-refractivity contribution is 7.92. The van der Waals surface area contributed by atoms with E-state index in [1.54, 1.807) is 48.5 Å². The zero-order chi connectivity index (χ0) is 19.0. The fourth-order valence-electron chi connectivity index (χ4n) is 4.59. The van der Waals surface area contributed by atoms with Gasteiger partial charge in [0.1, 0.15) is 5.75 Å². The van der Waals surface area contributed by atoms with Crippen LogP contribution in [0.1, 0.15) is 24.5 Å². The van der Waals surface area contributed by atoms with Gasteiger partial charge >= 0.3 is 0 Å². The molecule has 1 heterocycles. The Labute approximate surface area is 160 Å². The lowest BCUT2D eigenvalue weighted by molar-refractivity contribution is 0.122. The Balaban J connectivity index is 1.36. The molecule has 1 saturated heterocycles. The van der Waals surface area contributed by atoms with Crippen LogP contribution in [0.15, 0.2) is 59.5 Å². The van der Waals surface area contributed by atoms with Crippen molar-refractivity contribution in [1.29, 1.82) is 0 Å². The second-order valence-corrected chi connectivity index (χ2v) is 10.0. The van der Waals surface area contributed by atoms with Crippen LogP contribution in [0.2, 0.25) is 0 Å². The Morgan fingerprint density at radius 3 is 2.15 bits per heavy atom. The molecule has 1 saturated carbocycles. The summed E-state index contributed by atoms with van der Waals surface area (Å²) >= 11 is 0. The highest BCUT2D eigenvalue weighted by Gasteiger charge is 2.45. The molecule has 2 aromatic rings. The Kier molecular flexibility index (Phi) is 4.97. The average Bonchev–Trinajstić information content (AvgIpc) is 3.22. The topological polar surface area (TPSA) is 77.8 Å². The number of phenols is 1. The monoisotopic (exact) mass is 387 g/mol. The van der Waals surface area contributed by atoms with Gasteiger partial charge in [-0.3, -0.25) is 4.90 Å². The summed E-state index contributed by atoms with van der Waals surface area (Å²) < 4.78 is 25.7.